The molecule has 5 nitrogen and oxygen atoms in total. The summed E-state index contributed by atoms with van der Waals surface area (Å²) in [5.74, 6) is 0.309. The van der Waals surface area contributed by atoms with Gasteiger partial charge in [0.25, 0.3) is 5.95 Å². The Kier molecular flexibility index (Phi) is 3.40. The minimum Gasteiger partial charge on any atom is -0.330 e. The molecule has 0 radical (unpaired) electrons. The lowest BCUT2D eigenvalue weighted by molar-refractivity contribution is 0.423. The Morgan fingerprint density at radius 1 is 1.24 bits per heavy atom. The van der Waals surface area contributed by atoms with Crippen molar-refractivity contribution in [3.8, 4) is 0 Å². The molecule has 0 bridgehead atoms. The number of anilines is 3. The van der Waals surface area contributed by atoms with E-state index in [1.807, 2.05) is 0 Å². The molecule has 2 aromatic rings. The molecule has 0 amide bonds. The van der Waals surface area contributed by atoms with E-state index < -0.39 is 0 Å². The van der Waals surface area contributed by atoms with E-state index in [1.54, 1.807) is 37.2 Å². The molecule has 0 aliphatic carbocycles. The minimum absolute atomic E-state index is 0.309. The third-order valence-electron chi connectivity index (χ3n) is 2.00. The van der Waals surface area contributed by atoms with E-state index >= 15 is 0 Å². The maximum absolute atomic E-state index is 6.01. The summed E-state index contributed by atoms with van der Waals surface area (Å²) in [7, 11) is 3.61. The number of hydrogen-bond donors (Lipinski definition) is 1. The first kappa shape index (κ1) is 12.0. The molecule has 0 aliphatic rings. The number of para-hydroxylation sites is 1. The highest BCUT2D eigenvalue weighted by Crippen LogP contribution is 2.31. The first-order chi connectivity index (χ1) is 8.08. The Balaban J connectivity index is 2.25. The lowest BCUT2D eigenvalue weighted by Crippen LogP contribution is -2.08. The van der Waals surface area contributed by atoms with Crippen molar-refractivity contribution in [2.75, 3.05) is 24.3 Å². The number of nitrogens with one attached hydrogen (secondary N) is 1. The second kappa shape index (κ2) is 4.81. The summed E-state index contributed by atoms with van der Waals surface area (Å²) < 4.78 is 4.99. The lowest BCUT2D eigenvalue weighted by Gasteiger charge is -2.06. The molecule has 0 unspecified atom stereocenters. The van der Waals surface area contributed by atoms with Gasteiger partial charge in [0.1, 0.15) is 0 Å². The van der Waals surface area contributed by atoms with Crippen molar-refractivity contribution in [1.82, 2.24) is 10.1 Å². The monoisotopic (exact) mass is 272 g/mol. The number of nitrogens with zero attached hydrogens (tertiary/aromatic N) is 3. The van der Waals surface area contributed by atoms with E-state index in [9.17, 15) is 0 Å². The van der Waals surface area contributed by atoms with Crippen LogP contribution in [0.2, 0.25) is 10.0 Å². The fourth-order valence-corrected chi connectivity index (χ4v) is 1.67. The van der Waals surface area contributed by atoms with Crippen molar-refractivity contribution < 1.29 is 4.52 Å². The molecule has 0 saturated carbocycles. The number of aromatic nitrogens is 2. The molecular formula is C10H10Cl2N4O. The predicted octanol–water partition coefficient (Wildman–Crippen LogP) is 3.19. The fraction of sp³-hybridized carbons (Fsp3) is 0.200. The largest absolute Gasteiger partial charge is 0.330 e. The average molecular weight is 273 g/mol. The molecule has 0 atom stereocenters. The van der Waals surface area contributed by atoms with Crippen LogP contribution < -0.4 is 10.2 Å². The van der Waals surface area contributed by atoms with Crippen LogP contribution >= 0.6 is 23.2 Å². The van der Waals surface area contributed by atoms with E-state index in [0.717, 1.165) is 0 Å². The molecular weight excluding hydrogens is 263 g/mol. The summed E-state index contributed by atoms with van der Waals surface area (Å²) in [6.45, 7) is 0. The molecule has 1 aromatic carbocycles. The van der Waals surface area contributed by atoms with Crippen molar-refractivity contribution in [3.05, 3.63) is 28.2 Å². The van der Waals surface area contributed by atoms with Gasteiger partial charge in [-0.2, -0.15) is 4.98 Å². The van der Waals surface area contributed by atoms with E-state index in [-0.39, 0.29) is 0 Å². The second-order valence-electron chi connectivity index (χ2n) is 3.52. The Morgan fingerprint density at radius 2 is 1.88 bits per heavy atom. The van der Waals surface area contributed by atoms with Gasteiger partial charge >= 0.3 is 6.01 Å². The Bertz CT molecular complexity index is 507. The maximum Gasteiger partial charge on any atom is 0.325 e. The number of benzene rings is 1. The van der Waals surface area contributed by atoms with Gasteiger partial charge < -0.3 is 14.7 Å². The van der Waals surface area contributed by atoms with Gasteiger partial charge in [0.15, 0.2) is 0 Å². The van der Waals surface area contributed by atoms with Gasteiger partial charge in [-0.05, 0) is 17.3 Å². The van der Waals surface area contributed by atoms with Crippen molar-refractivity contribution in [2.45, 2.75) is 0 Å². The highest BCUT2D eigenvalue weighted by Gasteiger charge is 2.11. The minimum atomic E-state index is 0.309. The highest BCUT2D eigenvalue weighted by molar-refractivity contribution is 6.39. The summed E-state index contributed by atoms with van der Waals surface area (Å²) in [5.41, 5.74) is 0.557. The molecule has 2 rings (SSSR count). The zero-order valence-electron chi connectivity index (χ0n) is 9.24. The normalized spacial score (nSPS) is 10.4. The van der Waals surface area contributed by atoms with Gasteiger partial charge in [0, 0.05) is 14.1 Å². The summed E-state index contributed by atoms with van der Waals surface area (Å²) in [5, 5.41) is 7.66. The smallest absolute Gasteiger partial charge is 0.325 e. The first-order valence-corrected chi connectivity index (χ1v) is 5.55. The maximum atomic E-state index is 6.01. The average Bonchev–Trinajstić information content (AvgIpc) is 2.72. The van der Waals surface area contributed by atoms with E-state index in [1.165, 1.54) is 0 Å². The van der Waals surface area contributed by atoms with Gasteiger partial charge in [-0.15, -0.1) is 0 Å². The molecule has 0 fully saturated rings. The van der Waals surface area contributed by atoms with Gasteiger partial charge in [-0.1, -0.05) is 29.3 Å². The van der Waals surface area contributed by atoms with Crippen LogP contribution in [-0.2, 0) is 0 Å². The van der Waals surface area contributed by atoms with Gasteiger partial charge in [0.2, 0.25) is 0 Å². The zero-order valence-corrected chi connectivity index (χ0v) is 10.7. The highest BCUT2D eigenvalue weighted by atomic mass is 35.5. The lowest BCUT2D eigenvalue weighted by atomic mass is 10.3. The third-order valence-corrected chi connectivity index (χ3v) is 2.63. The van der Waals surface area contributed by atoms with Crippen molar-refractivity contribution in [1.29, 1.82) is 0 Å². The van der Waals surface area contributed by atoms with Crippen LogP contribution in [0.15, 0.2) is 22.7 Å². The molecule has 0 saturated heterocycles. The molecule has 0 aliphatic heterocycles. The fourth-order valence-electron chi connectivity index (χ4n) is 1.18. The Labute approximate surface area is 108 Å². The molecule has 7 heteroatoms. The van der Waals surface area contributed by atoms with Crippen LogP contribution in [0.4, 0.5) is 17.7 Å². The summed E-state index contributed by atoms with van der Waals surface area (Å²) in [6.07, 6.45) is 0. The van der Waals surface area contributed by atoms with Crippen LogP contribution in [0.1, 0.15) is 0 Å². The van der Waals surface area contributed by atoms with Crippen molar-refractivity contribution in [3.63, 3.8) is 0 Å². The predicted molar refractivity (Wildman–Crippen MR) is 68.4 cm³/mol. The Hall–Kier alpha value is -1.46. The first-order valence-electron chi connectivity index (χ1n) is 4.80. The van der Waals surface area contributed by atoms with Crippen LogP contribution in [0.5, 0.6) is 0 Å². The molecule has 17 heavy (non-hydrogen) atoms. The van der Waals surface area contributed by atoms with Gasteiger partial charge in [-0.3, -0.25) is 0 Å². The quantitative estimate of drug-likeness (QED) is 0.930. The van der Waals surface area contributed by atoms with Crippen LogP contribution in [0.3, 0.4) is 0 Å². The van der Waals surface area contributed by atoms with Crippen molar-refractivity contribution >= 4 is 40.9 Å². The summed E-state index contributed by atoms with van der Waals surface area (Å²) in [4.78, 5) is 5.81. The van der Waals surface area contributed by atoms with Crippen LogP contribution in [0, 0.1) is 0 Å². The second-order valence-corrected chi connectivity index (χ2v) is 4.33. The molecule has 1 heterocycles. The van der Waals surface area contributed by atoms with Crippen LogP contribution in [-0.4, -0.2) is 24.2 Å². The number of hydrogen-bond acceptors (Lipinski definition) is 5. The topological polar surface area (TPSA) is 54.2 Å². The number of halogens is 2. The third kappa shape index (κ3) is 2.62. The molecule has 0 spiro atoms. The van der Waals surface area contributed by atoms with Gasteiger partial charge in [-0.25, -0.2) is 0 Å². The number of rotatable bonds is 3. The standard InChI is InChI=1S/C10H10Cl2N4O/c1-16(2)10-14-9(15-17-10)13-8-6(11)4-3-5-7(8)12/h3-5H,1-2H3,(H,13,15). The van der Waals surface area contributed by atoms with E-state index in [0.29, 0.717) is 27.7 Å². The summed E-state index contributed by atoms with van der Waals surface area (Å²) >= 11 is 12.0. The zero-order chi connectivity index (χ0) is 12.4. The van der Waals surface area contributed by atoms with E-state index in [2.05, 4.69) is 15.5 Å². The summed E-state index contributed by atoms with van der Waals surface area (Å²) in [6, 6.07) is 5.61. The van der Waals surface area contributed by atoms with Gasteiger partial charge in [0.05, 0.1) is 15.7 Å². The van der Waals surface area contributed by atoms with Crippen molar-refractivity contribution in [2.24, 2.45) is 0 Å². The molecule has 90 valence electrons. The van der Waals surface area contributed by atoms with Crippen LogP contribution in [0.25, 0.3) is 0 Å². The van der Waals surface area contributed by atoms with E-state index in [4.69, 9.17) is 27.7 Å². The molecule has 1 aromatic heterocycles. The SMILES string of the molecule is CN(C)c1nc(Nc2c(Cl)cccc2Cl)no1. The molecule has 1 N–H and O–H groups in total. The Morgan fingerprint density at radius 3 is 2.41 bits per heavy atom.